The van der Waals surface area contributed by atoms with Gasteiger partial charge in [0.25, 0.3) is 5.91 Å². The SMILES string of the molecule is COC(=O)[C@H](CN(c1ccccc1)c1ccccc1)NC(=O)c1ccccc1. The lowest BCUT2D eigenvalue weighted by atomic mass is 10.1. The molecule has 0 bridgehead atoms. The quantitative estimate of drug-likeness (QED) is 0.639. The number of ether oxygens (including phenoxy) is 1. The molecule has 1 N–H and O–H groups in total. The summed E-state index contributed by atoms with van der Waals surface area (Å²) < 4.78 is 4.94. The molecule has 0 fully saturated rings. The van der Waals surface area contributed by atoms with E-state index in [1.54, 1.807) is 24.3 Å². The average Bonchev–Trinajstić information content (AvgIpc) is 2.77. The van der Waals surface area contributed by atoms with Crippen LogP contribution in [-0.4, -0.2) is 31.6 Å². The van der Waals surface area contributed by atoms with Crippen molar-refractivity contribution in [3.05, 3.63) is 96.6 Å². The minimum absolute atomic E-state index is 0.235. The molecular weight excluding hydrogens is 352 g/mol. The summed E-state index contributed by atoms with van der Waals surface area (Å²) in [5.41, 5.74) is 2.32. The van der Waals surface area contributed by atoms with Crippen LogP contribution in [0, 0.1) is 0 Å². The molecule has 1 atom stereocenters. The number of nitrogens with one attached hydrogen (secondary N) is 1. The second kappa shape index (κ2) is 9.37. The third kappa shape index (κ3) is 4.76. The molecule has 142 valence electrons. The Morgan fingerprint density at radius 3 is 1.75 bits per heavy atom. The van der Waals surface area contributed by atoms with Crippen LogP contribution in [0.4, 0.5) is 11.4 Å². The fourth-order valence-electron chi connectivity index (χ4n) is 2.91. The number of nitrogens with zero attached hydrogens (tertiary/aromatic N) is 1. The average molecular weight is 374 g/mol. The fourth-order valence-corrected chi connectivity index (χ4v) is 2.91. The van der Waals surface area contributed by atoms with E-state index in [0.29, 0.717) is 5.56 Å². The van der Waals surface area contributed by atoms with Crippen molar-refractivity contribution in [2.45, 2.75) is 6.04 Å². The van der Waals surface area contributed by atoms with Crippen LogP contribution >= 0.6 is 0 Å². The number of amides is 1. The highest BCUT2D eigenvalue weighted by atomic mass is 16.5. The van der Waals surface area contributed by atoms with E-state index in [1.807, 2.05) is 71.6 Å². The van der Waals surface area contributed by atoms with Gasteiger partial charge in [-0.15, -0.1) is 0 Å². The van der Waals surface area contributed by atoms with Gasteiger partial charge in [-0.2, -0.15) is 0 Å². The summed E-state index contributed by atoms with van der Waals surface area (Å²) in [5.74, 6) is -0.821. The molecule has 1 amide bonds. The zero-order valence-electron chi connectivity index (χ0n) is 15.6. The lowest BCUT2D eigenvalue weighted by molar-refractivity contribution is -0.142. The standard InChI is InChI=1S/C23H22N2O3/c1-28-23(27)21(24-22(26)18-11-5-2-6-12-18)17-25(19-13-7-3-8-14-19)20-15-9-4-10-16-20/h2-16,21H,17H2,1H3,(H,24,26)/t21-/m0/s1. The fraction of sp³-hybridized carbons (Fsp3) is 0.130. The smallest absolute Gasteiger partial charge is 0.330 e. The topological polar surface area (TPSA) is 58.6 Å². The number of benzene rings is 3. The second-order valence-corrected chi connectivity index (χ2v) is 6.20. The summed E-state index contributed by atoms with van der Waals surface area (Å²) in [7, 11) is 1.32. The van der Waals surface area contributed by atoms with Gasteiger partial charge in [0, 0.05) is 16.9 Å². The maximum absolute atomic E-state index is 12.6. The van der Waals surface area contributed by atoms with Gasteiger partial charge in [-0.1, -0.05) is 54.6 Å². The second-order valence-electron chi connectivity index (χ2n) is 6.20. The number of esters is 1. The molecular formula is C23H22N2O3. The Labute approximate surface area is 164 Å². The maximum atomic E-state index is 12.6. The number of carbonyl (C=O) groups is 2. The molecule has 0 aliphatic rings. The number of carbonyl (C=O) groups excluding carboxylic acids is 2. The molecule has 0 saturated heterocycles. The summed E-state index contributed by atoms with van der Waals surface area (Å²) in [6, 6.07) is 27.4. The van der Waals surface area contributed by atoms with Gasteiger partial charge in [0.05, 0.1) is 13.7 Å². The van der Waals surface area contributed by atoms with Crippen molar-refractivity contribution in [1.29, 1.82) is 0 Å². The highest BCUT2D eigenvalue weighted by Gasteiger charge is 2.26. The minimum atomic E-state index is -0.835. The Balaban J connectivity index is 1.88. The van der Waals surface area contributed by atoms with E-state index in [-0.39, 0.29) is 12.5 Å². The molecule has 0 heterocycles. The van der Waals surface area contributed by atoms with Gasteiger partial charge < -0.3 is 15.0 Å². The number of hydrogen-bond donors (Lipinski definition) is 1. The van der Waals surface area contributed by atoms with Crippen molar-refractivity contribution in [1.82, 2.24) is 5.32 Å². The van der Waals surface area contributed by atoms with E-state index in [9.17, 15) is 9.59 Å². The van der Waals surface area contributed by atoms with Crippen LogP contribution in [0.5, 0.6) is 0 Å². The first kappa shape index (κ1) is 19.2. The van der Waals surface area contributed by atoms with Gasteiger partial charge in [-0.05, 0) is 36.4 Å². The van der Waals surface area contributed by atoms with Gasteiger partial charge in [0.2, 0.25) is 0 Å². The van der Waals surface area contributed by atoms with Crippen LogP contribution in [0.3, 0.4) is 0 Å². The lowest BCUT2D eigenvalue weighted by Crippen LogP contribution is -2.48. The first-order valence-corrected chi connectivity index (χ1v) is 9.00. The minimum Gasteiger partial charge on any atom is -0.467 e. The van der Waals surface area contributed by atoms with Gasteiger partial charge in [0.1, 0.15) is 6.04 Å². The maximum Gasteiger partial charge on any atom is 0.330 e. The summed E-state index contributed by atoms with van der Waals surface area (Å²) in [5, 5.41) is 2.80. The molecule has 3 rings (SSSR count). The monoisotopic (exact) mass is 374 g/mol. The van der Waals surface area contributed by atoms with Crippen LogP contribution in [0.25, 0.3) is 0 Å². The molecule has 0 saturated carbocycles. The van der Waals surface area contributed by atoms with E-state index in [4.69, 9.17) is 4.74 Å². The summed E-state index contributed by atoms with van der Waals surface area (Å²) >= 11 is 0. The predicted molar refractivity (Wildman–Crippen MR) is 110 cm³/mol. The summed E-state index contributed by atoms with van der Waals surface area (Å²) in [6.45, 7) is 0.235. The molecule has 0 aromatic heterocycles. The molecule has 0 radical (unpaired) electrons. The van der Waals surface area contributed by atoms with Crippen molar-refractivity contribution in [3.63, 3.8) is 0 Å². The third-order valence-corrected chi connectivity index (χ3v) is 4.33. The predicted octanol–water partition coefficient (Wildman–Crippen LogP) is 3.80. The van der Waals surface area contributed by atoms with Crippen LogP contribution in [0.1, 0.15) is 10.4 Å². The van der Waals surface area contributed by atoms with E-state index < -0.39 is 12.0 Å². The molecule has 0 aliphatic heterocycles. The van der Waals surface area contributed by atoms with Crippen LogP contribution in [-0.2, 0) is 9.53 Å². The van der Waals surface area contributed by atoms with Crippen molar-refractivity contribution >= 4 is 23.3 Å². The molecule has 0 aliphatic carbocycles. The Hall–Kier alpha value is -3.60. The van der Waals surface area contributed by atoms with Crippen molar-refractivity contribution in [3.8, 4) is 0 Å². The van der Waals surface area contributed by atoms with Crippen LogP contribution < -0.4 is 10.2 Å². The molecule has 3 aromatic rings. The van der Waals surface area contributed by atoms with E-state index in [1.165, 1.54) is 7.11 Å². The Bertz CT molecular complexity index is 859. The first-order valence-electron chi connectivity index (χ1n) is 9.00. The normalized spacial score (nSPS) is 11.3. The van der Waals surface area contributed by atoms with Gasteiger partial charge in [-0.25, -0.2) is 4.79 Å². The summed E-state index contributed by atoms with van der Waals surface area (Å²) in [6.07, 6.45) is 0. The lowest BCUT2D eigenvalue weighted by Gasteiger charge is -2.29. The number of hydrogen-bond acceptors (Lipinski definition) is 4. The van der Waals surface area contributed by atoms with Gasteiger partial charge in [0.15, 0.2) is 0 Å². The number of rotatable bonds is 7. The number of anilines is 2. The Morgan fingerprint density at radius 2 is 1.29 bits per heavy atom. The molecule has 0 unspecified atom stereocenters. The highest BCUT2D eigenvalue weighted by molar-refractivity contribution is 5.97. The Morgan fingerprint density at radius 1 is 0.821 bits per heavy atom. The summed E-state index contributed by atoms with van der Waals surface area (Å²) in [4.78, 5) is 27.0. The van der Waals surface area contributed by atoms with E-state index >= 15 is 0 Å². The number of para-hydroxylation sites is 2. The molecule has 0 spiro atoms. The largest absolute Gasteiger partial charge is 0.467 e. The zero-order chi connectivity index (χ0) is 19.8. The highest BCUT2D eigenvalue weighted by Crippen LogP contribution is 2.25. The van der Waals surface area contributed by atoms with Crippen molar-refractivity contribution < 1.29 is 14.3 Å². The van der Waals surface area contributed by atoms with Crippen LogP contribution in [0.2, 0.25) is 0 Å². The third-order valence-electron chi connectivity index (χ3n) is 4.33. The van der Waals surface area contributed by atoms with Gasteiger partial charge in [-0.3, -0.25) is 4.79 Å². The van der Waals surface area contributed by atoms with Crippen molar-refractivity contribution in [2.75, 3.05) is 18.6 Å². The first-order chi connectivity index (χ1) is 13.7. The van der Waals surface area contributed by atoms with Crippen molar-refractivity contribution in [2.24, 2.45) is 0 Å². The Kier molecular flexibility index (Phi) is 6.41. The van der Waals surface area contributed by atoms with Gasteiger partial charge >= 0.3 is 5.97 Å². The van der Waals surface area contributed by atoms with Crippen LogP contribution in [0.15, 0.2) is 91.0 Å². The molecule has 28 heavy (non-hydrogen) atoms. The number of methoxy groups -OCH3 is 1. The molecule has 3 aromatic carbocycles. The molecule has 5 nitrogen and oxygen atoms in total. The molecule has 5 heteroatoms. The van der Waals surface area contributed by atoms with E-state index in [0.717, 1.165) is 11.4 Å². The zero-order valence-corrected chi connectivity index (χ0v) is 15.6. The van der Waals surface area contributed by atoms with E-state index in [2.05, 4.69) is 5.32 Å².